The molecule has 0 saturated carbocycles. The molecule has 0 unspecified atom stereocenters. The third-order valence-electron chi connectivity index (χ3n) is 3.82. The number of carbonyl (C=O) groups excluding carboxylic acids is 1. The van der Waals surface area contributed by atoms with Gasteiger partial charge in [-0.1, -0.05) is 6.92 Å². The highest BCUT2D eigenvalue weighted by Gasteiger charge is 2.08. The first-order chi connectivity index (χ1) is 11.9. The minimum absolute atomic E-state index is 0.283. The van der Waals surface area contributed by atoms with E-state index in [2.05, 4.69) is 10.5 Å². The number of aryl methyl sites for hydroxylation is 2. The summed E-state index contributed by atoms with van der Waals surface area (Å²) in [7, 11) is 0. The van der Waals surface area contributed by atoms with Gasteiger partial charge in [0.15, 0.2) is 0 Å². The minimum Gasteiger partial charge on any atom is -0.507 e. The van der Waals surface area contributed by atoms with Gasteiger partial charge in [0.2, 0.25) is 0 Å². The van der Waals surface area contributed by atoms with Crippen molar-refractivity contribution in [2.24, 2.45) is 5.10 Å². The predicted octanol–water partition coefficient (Wildman–Crippen LogP) is 3.95. The zero-order valence-electron chi connectivity index (χ0n) is 15.1. The van der Waals surface area contributed by atoms with E-state index in [-0.39, 0.29) is 11.7 Å². The smallest absolute Gasteiger partial charge is 0.271 e. The van der Waals surface area contributed by atoms with Crippen molar-refractivity contribution in [2.75, 3.05) is 6.61 Å². The summed E-state index contributed by atoms with van der Waals surface area (Å²) in [5.41, 5.74) is 6.15. The van der Waals surface area contributed by atoms with E-state index < -0.39 is 0 Å². The summed E-state index contributed by atoms with van der Waals surface area (Å²) in [4.78, 5) is 12.2. The average molecular weight is 340 g/mol. The number of phenols is 1. The van der Waals surface area contributed by atoms with Crippen LogP contribution in [0.25, 0.3) is 0 Å². The molecule has 2 rings (SSSR count). The van der Waals surface area contributed by atoms with Gasteiger partial charge in [-0.2, -0.15) is 5.10 Å². The number of ether oxygens (including phenoxy) is 1. The van der Waals surface area contributed by atoms with Crippen LogP contribution in [-0.2, 0) is 0 Å². The summed E-state index contributed by atoms with van der Waals surface area (Å²) >= 11 is 0. The van der Waals surface area contributed by atoms with Crippen LogP contribution in [0.5, 0.6) is 11.5 Å². The predicted molar refractivity (Wildman–Crippen MR) is 99.5 cm³/mol. The van der Waals surface area contributed by atoms with E-state index in [4.69, 9.17) is 4.74 Å². The van der Waals surface area contributed by atoms with E-state index in [9.17, 15) is 9.90 Å². The minimum atomic E-state index is -0.284. The number of carbonyl (C=O) groups is 1. The monoisotopic (exact) mass is 340 g/mol. The quantitative estimate of drug-likeness (QED) is 0.618. The molecule has 2 aromatic rings. The molecule has 0 aliphatic heterocycles. The lowest BCUT2D eigenvalue weighted by atomic mass is 10.0. The van der Waals surface area contributed by atoms with E-state index >= 15 is 0 Å². The highest BCUT2D eigenvalue weighted by atomic mass is 16.5. The Labute approximate surface area is 148 Å². The molecular formula is C20H24N2O3. The third kappa shape index (κ3) is 4.83. The molecule has 0 aliphatic rings. The Balaban J connectivity index is 2.06. The van der Waals surface area contributed by atoms with Gasteiger partial charge in [0, 0.05) is 5.56 Å². The van der Waals surface area contributed by atoms with Gasteiger partial charge in [0.05, 0.1) is 12.3 Å². The van der Waals surface area contributed by atoms with Crippen LogP contribution in [-0.4, -0.2) is 23.3 Å². The van der Waals surface area contributed by atoms with Crippen LogP contribution >= 0.6 is 0 Å². The molecule has 132 valence electrons. The summed E-state index contributed by atoms with van der Waals surface area (Å²) in [6, 6.07) is 10.6. The highest BCUT2D eigenvalue weighted by molar-refractivity contribution is 6.01. The fourth-order valence-corrected chi connectivity index (χ4v) is 2.35. The summed E-state index contributed by atoms with van der Waals surface area (Å²) in [6.45, 7) is 8.17. The largest absolute Gasteiger partial charge is 0.507 e. The Morgan fingerprint density at radius 3 is 2.28 bits per heavy atom. The molecule has 0 saturated heterocycles. The number of amides is 1. The molecular weight excluding hydrogens is 316 g/mol. The highest BCUT2D eigenvalue weighted by Crippen LogP contribution is 2.23. The van der Waals surface area contributed by atoms with Crippen LogP contribution in [0.15, 0.2) is 41.5 Å². The Bertz CT molecular complexity index is 757. The first kappa shape index (κ1) is 18.5. The summed E-state index contributed by atoms with van der Waals surface area (Å²) < 4.78 is 5.50. The number of hydrogen-bond donors (Lipinski definition) is 2. The molecule has 0 aliphatic carbocycles. The van der Waals surface area contributed by atoms with Crippen molar-refractivity contribution in [1.29, 1.82) is 0 Å². The molecule has 0 radical (unpaired) electrons. The van der Waals surface area contributed by atoms with Gasteiger partial charge < -0.3 is 9.84 Å². The number of rotatable bonds is 6. The van der Waals surface area contributed by atoms with Crippen molar-refractivity contribution < 1.29 is 14.6 Å². The second-order valence-corrected chi connectivity index (χ2v) is 5.97. The maximum Gasteiger partial charge on any atom is 0.271 e. The summed E-state index contributed by atoms with van der Waals surface area (Å²) in [5, 5.41) is 14.0. The second-order valence-electron chi connectivity index (χ2n) is 5.97. The molecule has 25 heavy (non-hydrogen) atoms. The molecule has 0 aromatic heterocycles. The van der Waals surface area contributed by atoms with Crippen molar-refractivity contribution in [3.63, 3.8) is 0 Å². The zero-order chi connectivity index (χ0) is 18.4. The van der Waals surface area contributed by atoms with E-state index in [0.717, 1.165) is 28.9 Å². The molecule has 5 nitrogen and oxygen atoms in total. The van der Waals surface area contributed by atoms with Crippen LogP contribution in [0.3, 0.4) is 0 Å². The number of nitrogens with one attached hydrogen (secondary N) is 1. The van der Waals surface area contributed by atoms with Gasteiger partial charge >= 0.3 is 0 Å². The van der Waals surface area contributed by atoms with Crippen LogP contribution in [0.2, 0.25) is 0 Å². The molecule has 2 N–H and O–H groups in total. The molecule has 0 atom stereocenters. The van der Waals surface area contributed by atoms with Gasteiger partial charge in [0.25, 0.3) is 5.91 Å². The fraction of sp³-hybridized carbons (Fsp3) is 0.300. The Morgan fingerprint density at radius 1 is 1.12 bits per heavy atom. The average Bonchev–Trinajstić information content (AvgIpc) is 2.62. The number of hydrazone groups is 1. The molecule has 1 amide bonds. The molecule has 0 heterocycles. The van der Waals surface area contributed by atoms with E-state index in [0.29, 0.717) is 17.9 Å². The van der Waals surface area contributed by atoms with Crippen LogP contribution < -0.4 is 10.2 Å². The Hall–Kier alpha value is -2.82. The first-order valence-electron chi connectivity index (χ1n) is 8.30. The lowest BCUT2D eigenvalue weighted by molar-refractivity contribution is 0.0955. The van der Waals surface area contributed by atoms with Crippen molar-refractivity contribution in [3.8, 4) is 11.5 Å². The number of phenolic OH excluding ortho intramolecular Hbond substituents is 1. The standard InChI is InChI=1S/C20H24N2O3/c1-5-10-25-18-8-6-16(7-9-18)20(24)22-21-15(4)17-11-13(2)19(23)14(3)12-17/h6-9,11-12,23H,5,10H2,1-4H3,(H,22,24)/b21-15+. The topological polar surface area (TPSA) is 70.9 Å². The second kappa shape index (κ2) is 8.33. The zero-order valence-corrected chi connectivity index (χ0v) is 15.1. The van der Waals surface area contributed by atoms with Gasteiger partial charge in [-0.05, 0) is 80.3 Å². The molecule has 5 heteroatoms. The van der Waals surface area contributed by atoms with Crippen LogP contribution in [0, 0.1) is 13.8 Å². The van der Waals surface area contributed by atoms with Gasteiger partial charge in [-0.3, -0.25) is 4.79 Å². The SMILES string of the molecule is CCCOc1ccc(C(=O)N/N=C(\C)c2cc(C)c(O)c(C)c2)cc1. The third-order valence-corrected chi connectivity index (χ3v) is 3.82. The molecule has 2 aromatic carbocycles. The van der Waals surface area contributed by atoms with Crippen molar-refractivity contribution in [3.05, 3.63) is 58.7 Å². The number of benzene rings is 2. The van der Waals surface area contributed by atoms with E-state index in [1.165, 1.54) is 0 Å². The lowest BCUT2D eigenvalue weighted by Gasteiger charge is -2.08. The van der Waals surface area contributed by atoms with E-state index in [1.807, 2.05) is 39.8 Å². The number of hydrogen-bond acceptors (Lipinski definition) is 4. The maximum absolute atomic E-state index is 12.2. The Morgan fingerprint density at radius 2 is 1.72 bits per heavy atom. The molecule has 0 fully saturated rings. The normalized spacial score (nSPS) is 11.3. The van der Waals surface area contributed by atoms with Gasteiger partial charge in [-0.25, -0.2) is 5.43 Å². The maximum atomic E-state index is 12.2. The van der Waals surface area contributed by atoms with E-state index in [1.54, 1.807) is 24.3 Å². The van der Waals surface area contributed by atoms with Gasteiger partial charge in [0.1, 0.15) is 11.5 Å². The lowest BCUT2D eigenvalue weighted by Crippen LogP contribution is -2.19. The van der Waals surface area contributed by atoms with Crippen molar-refractivity contribution in [1.82, 2.24) is 5.43 Å². The van der Waals surface area contributed by atoms with Crippen molar-refractivity contribution in [2.45, 2.75) is 34.1 Å². The number of aromatic hydroxyl groups is 1. The van der Waals surface area contributed by atoms with Crippen molar-refractivity contribution >= 4 is 11.6 Å². The van der Waals surface area contributed by atoms with Crippen LogP contribution in [0.1, 0.15) is 47.3 Å². The van der Waals surface area contributed by atoms with Gasteiger partial charge in [-0.15, -0.1) is 0 Å². The Kier molecular flexibility index (Phi) is 6.17. The summed E-state index contributed by atoms with van der Waals surface area (Å²) in [5.74, 6) is 0.743. The fourth-order valence-electron chi connectivity index (χ4n) is 2.35. The summed E-state index contributed by atoms with van der Waals surface area (Å²) in [6.07, 6.45) is 0.937. The molecule has 0 bridgehead atoms. The number of nitrogens with zero attached hydrogens (tertiary/aromatic N) is 1. The first-order valence-corrected chi connectivity index (χ1v) is 8.30. The molecule has 0 spiro atoms. The van der Waals surface area contributed by atoms with Crippen LogP contribution in [0.4, 0.5) is 0 Å².